The summed E-state index contributed by atoms with van der Waals surface area (Å²) < 4.78 is 7.80. The van der Waals surface area contributed by atoms with Crippen LogP contribution in [-0.4, -0.2) is 22.8 Å². The Morgan fingerprint density at radius 3 is 2.67 bits per heavy atom. The van der Waals surface area contributed by atoms with Crippen LogP contribution in [0, 0.1) is 12.8 Å². The summed E-state index contributed by atoms with van der Waals surface area (Å²) in [5, 5.41) is 3.35. The molecule has 4 heteroatoms. The number of imidazole rings is 1. The standard InChI is InChI=1S/C17H25N3O/c1-14(2)9-11-21-12-10-20-13-15(3)18-17(20)19-16-7-5-4-6-8-16/h4-8,13-14H,9-12H2,1-3H3,(H,18,19). The van der Waals surface area contributed by atoms with Crippen molar-refractivity contribution in [2.75, 3.05) is 18.5 Å². The predicted molar refractivity (Wildman–Crippen MR) is 87.0 cm³/mol. The molecule has 1 heterocycles. The van der Waals surface area contributed by atoms with Crippen molar-refractivity contribution < 1.29 is 4.74 Å². The van der Waals surface area contributed by atoms with E-state index in [1.54, 1.807) is 0 Å². The van der Waals surface area contributed by atoms with Gasteiger partial charge in [0.15, 0.2) is 0 Å². The van der Waals surface area contributed by atoms with E-state index in [1.165, 1.54) is 0 Å². The monoisotopic (exact) mass is 287 g/mol. The second-order valence-electron chi connectivity index (χ2n) is 5.69. The number of ether oxygens (including phenoxy) is 1. The first-order valence-electron chi connectivity index (χ1n) is 7.58. The third-order valence-electron chi connectivity index (χ3n) is 3.24. The molecule has 0 saturated carbocycles. The van der Waals surface area contributed by atoms with Gasteiger partial charge in [0.1, 0.15) is 0 Å². The van der Waals surface area contributed by atoms with Crippen molar-refractivity contribution in [2.45, 2.75) is 33.7 Å². The minimum Gasteiger partial charge on any atom is -0.380 e. The van der Waals surface area contributed by atoms with Crippen LogP contribution < -0.4 is 5.32 Å². The summed E-state index contributed by atoms with van der Waals surface area (Å²) in [6, 6.07) is 10.1. The number of aromatic nitrogens is 2. The molecule has 4 nitrogen and oxygen atoms in total. The summed E-state index contributed by atoms with van der Waals surface area (Å²) in [6.07, 6.45) is 3.16. The number of nitrogens with zero attached hydrogens (tertiary/aromatic N) is 2. The smallest absolute Gasteiger partial charge is 0.207 e. The SMILES string of the molecule is Cc1cn(CCOCCC(C)C)c(Nc2ccccc2)n1. The number of rotatable bonds is 8. The van der Waals surface area contributed by atoms with E-state index in [0.29, 0.717) is 12.5 Å². The topological polar surface area (TPSA) is 39.1 Å². The fraction of sp³-hybridized carbons (Fsp3) is 0.471. The number of nitrogens with one attached hydrogen (secondary N) is 1. The molecule has 0 aliphatic heterocycles. The van der Waals surface area contributed by atoms with Gasteiger partial charge in [0.25, 0.3) is 0 Å². The number of aryl methyl sites for hydroxylation is 1. The maximum absolute atomic E-state index is 5.69. The second kappa shape index (κ2) is 7.84. The number of benzene rings is 1. The zero-order chi connectivity index (χ0) is 15.1. The summed E-state index contributed by atoms with van der Waals surface area (Å²) >= 11 is 0. The molecule has 1 aromatic carbocycles. The Morgan fingerprint density at radius 1 is 1.19 bits per heavy atom. The average molecular weight is 287 g/mol. The summed E-state index contributed by atoms with van der Waals surface area (Å²) in [6.45, 7) is 8.79. The molecule has 0 bridgehead atoms. The van der Waals surface area contributed by atoms with E-state index in [0.717, 1.165) is 36.9 Å². The van der Waals surface area contributed by atoms with E-state index >= 15 is 0 Å². The van der Waals surface area contributed by atoms with E-state index in [4.69, 9.17) is 4.74 Å². The van der Waals surface area contributed by atoms with Gasteiger partial charge in [-0.15, -0.1) is 0 Å². The Kier molecular flexibility index (Phi) is 5.81. The first-order chi connectivity index (χ1) is 10.1. The predicted octanol–water partition coefficient (Wildman–Crippen LogP) is 4.00. The van der Waals surface area contributed by atoms with Crippen LogP contribution >= 0.6 is 0 Å². The van der Waals surface area contributed by atoms with E-state index < -0.39 is 0 Å². The summed E-state index contributed by atoms with van der Waals surface area (Å²) in [5.74, 6) is 1.56. The fourth-order valence-corrected chi connectivity index (χ4v) is 2.05. The van der Waals surface area contributed by atoms with Gasteiger partial charge < -0.3 is 14.6 Å². The van der Waals surface area contributed by atoms with Gasteiger partial charge in [0.2, 0.25) is 5.95 Å². The maximum Gasteiger partial charge on any atom is 0.207 e. The molecular weight excluding hydrogens is 262 g/mol. The summed E-state index contributed by atoms with van der Waals surface area (Å²) in [5.41, 5.74) is 2.06. The van der Waals surface area contributed by atoms with E-state index in [1.807, 2.05) is 37.3 Å². The third kappa shape index (κ3) is 5.23. The highest BCUT2D eigenvalue weighted by atomic mass is 16.5. The Balaban J connectivity index is 1.88. The first kappa shape index (κ1) is 15.6. The van der Waals surface area contributed by atoms with Crippen LogP contribution in [0.4, 0.5) is 11.6 Å². The Hall–Kier alpha value is -1.81. The normalized spacial score (nSPS) is 11.0. The molecule has 0 atom stereocenters. The summed E-state index contributed by atoms with van der Waals surface area (Å²) in [7, 11) is 0. The molecule has 0 radical (unpaired) electrons. The van der Waals surface area contributed by atoms with Gasteiger partial charge in [-0.2, -0.15) is 0 Å². The van der Waals surface area contributed by atoms with E-state index in [-0.39, 0.29) is 0 Å². The molecule has 2 rings (SSSR count). The quantitative estimate of drug-likeness (QED) is 0.746. The molecule has 0 unspecified atom stereocenters. The van der Waals surface area contributed by atoms with Crippen molar-refractivity contribution in [1.82, 2.24) is 9.55 Å². The maximum atomic E-state index is 5.69. The minimum atomic E-state index is 0.691. The van der Waals surface area contributed by atoms with Crippen LogP contribution in [0.2, 0.25) is 0 Å². The lowest BCUT2D eigenvalue weighted by molar-refractivity contribution is 0.116. The molecule has 2 aromatic rings. The second-order valence-corrected chi connectivity index (χ2v) is 5.69. The molecular formula is C17H25N3O. The first-order valence-corrected chi connectivity index (χ1v) is 7.58. The Labute approximate surface area is 127 Å². The average Bonchev–Trinajstić information content (AvgIpc) is 2.79. The van der Waals surface area contributed by atoms with Crippen LogP contribution in [0.15, 0.2) is 36.5 Å². The van der Waals surface area contributed by atoms with Crippen molar-refractivity contribution in [3.8, 4) is 0 Å². The molecule has 0 aliphatic rings. The molecule has 0 aliphatic carbocycles. The lowest BCUT2D eigenvalue weighted by Gasteiger charge is -2.10. The number of hydrogen-bond acceptors (Lipinski definition) is 3. The van der Waals surface area contributed by atoms with Gasteiger partial charge in [-0.3, -0.25) is 0 Å². The highest BCUT2D eigenvalue weighted by Gasteiger charge is 2.05. The number of anilines is 2. The van der Waals surface area contributed by atoms with Gasteiger partial charge in [-0.25, -0.2) is 4.98 Å². The van der Waals surface area contributed by atoms with Crippen LogP contribution in [0.1, 0.15) is 26.0 Å². The fourth-order valence-electron chi connectivity index (χ4n) is 2.05. The lowest BCUT2D eigenvalue weighted by atomic mass is 10.1. The zero-order valence-corrected chi connectivity index (χ0v) is 13.2. The molecule has 1 N–H and O–H groups in total. The highest BCUT2D eigenvalue weighted by molar-refractivity contribution is 5.53. The van der Waals surface area contributed by atoms with Crippen LogP contribution in [0.25, 0.3) is 0 Å². The molecule has 0 amide bonds. The van der Waals surface area contributed by atoms with Crippen LogP contribution in [0.5, 0.6) is 0 Å². The van der Waals surface area contributed by atoms with Crippen molar-refractivity contribution >= 4 is 11.6 Å². The van der Waals surface area contributed by atoms with Gasteiger partial charge >= 0.3 is 0 Å². The van der Waals surface area contributed by atoms with E-state index in [9.17, 15) is 0 Å². The van der Waals surface area contributed by atoms with Crippen molar-refractivity contribution in [3.63, 3.8) is 0 Å². The van der Waals surface area contributed by atoms with Gasteiger partial charge in [-0.05, 0) is 31.4 Å². The zero-order valence-electron chi connectivity index (χ0n) is 13.2. The number of para-hydroxylation sites is 1. The van der Waals surface area contributed by atoms with Gasteiger partial charge in [0.05, 0.1) is 12.3 Å². The van der Waals surface area contributed by atoms with Crippen molar-refractivity contribution in [1.29, 1.82) is 0 Å². The van der Waals surface area contributed by atoms with Crippen molar-refractivity contribution in [2.24, 2.45) is 5.92 Å². The van der Waals surface area contributed by atoms with Gasteiger partial charge in [0, 0.05) is 25.0 Å². The Morgan fingerprint density at radius 2 is 1.95 bits per heavy atom. The minimum absolute atomic E-state index is 0.691. The van der Waals surface area contributed by atoms with Gasteiger partial charge in [-0.1, -0.05) is 32.0 Å². The highest BCUT2D eigenvalue weighted by Crippen LogP contribution is 2.15. The van der Waals surface area contributed by atoms with E-state index in [2.05, 4.69) is 34.9 Å². The van der Waals surface area contributed by atoms with Crippen LogP contribution in [-0.2, 0) is 11.3 Å². The number of hydrogen-bond donors (Lipinski definition) is 1. The Bertz CT molecular complexity index is 534. The lowest BCUT2D eigenvalue weighted by Crippen LogP contribution is -2.09. The largest absolute Gasteiger partial charge is 0.380 e. The molecule has 0 spiro atoms. The summed E-state index contributed by atoms with van der Waals surface area (Å²) in [4.78, 5) is 4.53. The third-order valence-corrected chi connectivity index (χ3v) is 3.24. The molecule has 21 heavy (non-hydrogen) atoms. The van der Waals surface area contributed by atoms with Crippen molar-refractivity contribution in [3.05, 3.63) is 42.2 Å². The molecule has 1 aromatic heterocycles. The van der Waals surface area contributed by atoms with Crippen LogP contribution in [0.3, 0.4) is 0 Å². The molecule has 114 valence electrons. The molecule has 0 fully saturated rings. The molecule has 0 saturated heterocycles.